The molecule has 0 saturated heterocycles. The lowest BCUT2D eigenvalue weighted by Crippen LogP contribution is -2.39. The lowest BCUT2D eigenvalue weighted by molar-refractivity contribution is 0.201. The van der Waals surface area contributed by atoms with Crippen molar-refractivity contribution in [3.8, 4) is 0 Å². The molecule has 1 heterocycles. The summed E-state index contributed by atoms with van der Waals surface area (Å²) in [6.07, 6.45) is 1.08. The van der Waals surface area contributed by atoms with E-state index in [-0.39, 0.29) is 11.4 Å². The smallest absolute Gasteiger partial charge is 0.317 e. The number of nitrogens with zero attached hydrogens (tertiary/aromatic N) is 2. The summed E-state index contributed by atoms with van der Waals surface area (Å²) in [7, 11) is 1.84. The first-order valence-electron chi connectivity index (χ1n) is 7.17. The number of amides is 2. The monoisotopic (exact) mass is 297 g/mol. The highest BCUT2D eigenvalue weighted by molar-refractivity contribution is 7.09. The molecule has 5 heteroatoms. The first-order valence-corrected chi connectivity index (χ1v) is 8.05. The molecule has 2 amide bonds. The Bertz CT molecular complexity index is 437. The van der Waals surface area contributed by atoms with E-state index in [4.69, 9.17) is 0 Å². The van der Waals surface area contributed by atoms with Gasteiger partial charge in [-0.15, -0.1) is 11.3 Å². The van der Waals surface area contributed by atoms with Crippen LogP contribution in [0.4, 0.5) is 4.79 Å². The Morgan fingerprint density at radius 1 is 1.50 bits per heavy atom. The van der Waals surface area contributed by atoms with Gasteiger partial charge in [-0.2, -0.15) is 0 Å². The SMILES string of the molecule is CCC(C)CN(C)C(=O)NCc1nc(C(C)(C)C)cs1. The van der Waals surface area contributed by atoms with Crippen molar-refractivity contribution in [1.29, 1.82) is 0 Å². The molecule has 1 unspecified atom stereocenters. The summed E-state index contributed by atoms with van der Waals surface area (Å²) in [5, 5.41) is 5.96. The molecule has 0 aromatic carbocycles. The van der Waals surface area contributed by atoms with Gasteiger partial charge in [0.25, 0.3) is 0 Å². The zero-order valence-corrected chi connectivity index (χ0v) is 14.3. The zero-order valence-electron chi connectivity index (χ0n) is 13.5. The predicted octanol–water partition coefficient (Wildman–Crippen LogP) is 3.63. The minimum absolute atomic E-state index is 0.0298. The van der Waals surface area contributed by atoms with E-state index in [0.29, 0.717) is 12.5 Å². The number of hydrogen-bond acceptors (Lipinski definition) is 3. The number of nitrogens with one attached hydrogen (secondary N) is 1. The molecule has 0 aliphatic carbocycles. The van der Waals surface area contributed by atoms with Crippen molar-refractivity contribution in [1.82, 2.24) is 15.2 Å². The fourth-order valence-corrected chi connectivity index (χ4v) is 2.66. The van der Waals surface area contributed by atoms with Gasteiger partial charge in [0.05, 0.1) is 12.2 Å². The Balaban J connectivity index is 2.47. The molecule has 1 N–H and O–H groups in total. The van der Waals surface area contributed by atoms with E-state index in [1.807, 2.05) is 7.05 Å². The van der Waals surface area contributed by atoms with E-state index in [0.717, 1.165) is 23.7 Å². The third-order valence-electron chi connectivity index (χ3n) is 3.34. The van der Waals surface area contributed by atoms with Gasteiger partial charge in [-0.25, -0.2) is 9.78 Å². The maximum atomic E-state index is 12.0. The Morgan fingerprint density at radius 3 is 2.65 bits per heavy atom. The van der Waals surface area contributed by atoms with E-state index in [9.17, 15) is 4.79 Å². The molecule has 0 radical (unpaired) electrons. The summed E-state index contributed by atoms with van der Waals surface area (Å²) in [6.45, 7) is 12.0. The number of hydrogen-bond donors (Lipinski definition) is 1. The van der Waals surface area contributed by atoms with Gasteiger partial charge < -0.3 is 10.2 Å². The maximum Gasteiger partial charge on any atom is 0.317 e. The molecule has 0 spiro atoms. The fourth-order valence-electron chi connectivity index (χ4n) is 1.70. The molecule has 4 nitrogen and oxygen atoms in total. The second-order valence-corrected chi connectivity index (χ2v) is 7.37. The van der Waals surface area contributed by atoms with Crippen LogP contribution in [-0.2, 0) is 12.0 Å². The molecule has 114 valence electrons. The number of carbonyl (C=O) groups excluding carboxylic acids is 1. The van der Waals surface area contributed by atoms with Crippen LogP contribution in [0.2, 0.25) is 0 Å². The molecular formula is C15H27N3OS. The lowest BCUT2D eigenvalue weighted by atomic mass is 9.93. The summed E-state index contributed by atoms with van der Waals surface area (Å²) in [6, 6.07) is -0.0298. The number of aromatic nitrogens is 1. The van der Waals surface area contributed by atoms with Gasteiger partial charge in [0.15, 0.2) is 0 Å². The van der Waals surface area contributed by atoms with Crippen LogP contribution in [0.5, 0.6) is 0 Å². The summed E-state index contributed by atoms with van der Waals surface area (Å²) in [5.41, 5.74) is 1.14. The number of thiazole rings is 1. The maximum absolute atomic E-state index is 12.0. The number of carbonyl (C=O) groups is 1. The molecule has 0 fully saturated rings. The molecular weight excluding hydrogens is 270 g/mol. The van der Waals surface area contributed by atoms with E-state index >= 15 is 0 Å². The number of rotatable bonds is 5. The first-order chi connectivity index (χ1) is 9.24. The van der Waals surface area contributed by atoms with Gasteiger partial charge in [-0.3, -0.25) is 0 Å². The van der Waals surface area contributed by atoms with Crippen molar-refractivity contribution in [2.45, 2.75) is 53.0 Å². The second kappa shape index (κ2) is 7.07. The van der Waals surface area contributed by atoms with Crippen LogP contribution in [0.15, 0.2) is 5.38 Å². The van der Waals surface area contributed by atoms with Gasteiger partial charge in [0.2, 0.25) is 0 Å². The quantitative estimate of drug-likeness (QED) is 0.902. The second-order valence-electron chi connectivity index (χ2n) is 6.43. The van der Waals surface area contributed by atoms with E-state index < -0.39 is 0 Å². The summed E-state index contributed by atoms with van der Waals surface area (Å²) in [5.74, 6) is 0.526. The molecule has 1 atom stereocenters. The van der Waals surface area contributed by atoms with Gasteiger partial charge in [0.1, 0.15) is 5.01 Å². The third kappa shape index (κ3) is 5.12. The molecule has 0 bridgehead atoms. The highest BCUT2D eigenvalue weighted by atomic mass is 32.1. The van der Waals surface area contributed by atoms with Crippen LogP contribution in [0.25, 0.3) is 0 Å². The molecule has 1 rings (SSSR count). The minimum atomic E-state index is -0.0298. The van der Waals surface area contributed by atoms with Crippen LogP contribution in [0.1, 0.15) is 51.7 Å². The van der Waals surface area contributed by atoms with E-state index in [2.05, 4.69) is 50.3 Å². The normalized spacial score (nSPS) is 13.1. The molecule has 1 aromatic rings. The fraction of sp³-hybridized carbons (Fsp3) is 0.733. The van der Waals surface area contributed by atoms with Gasteiger partial charge >= 0.3 is 6.03 Å². The van der Waals surface area contributed by atoms with E-state index in [1.165, 1.54) is 0 Å². The molecule has 0 aliphatic rings. The van der Waals surface area contributed by atoms with E-state index in [1.54, 1.807) is 16.2 Å². The molecule has 0 aliphatic heterocycles. The highest BCUT2D eigenvalue weighted by Crippen LogP contribution is 2.23. The number of urea groups is 1. The van der Waals surface area contributed by atoms with Crippen molar-refractivity contribution in [3.05, 3.63) is 16.1 Å². The average molecular weight is 297 g/mol. The van der Waals surface area contributed by atoms with Crippen LogP contribution in [-0.4, -0.2) is 29.5 Å². The summed E-state index contributed by atoms with van der Waals surface area (Å²) in [4.78, 5) is 18.3. The van der Waals surface area contributed by atoms with Crippen LogP contribution in [0, 0.1) is 5.92 Å². The van der Waals surface area contributed by atoms with Crippen molar-refractivity contribution in [3.63, 3.8) is 0 Å². The first kappa shape index (κ1) is 17.0. The summed E-state index contributed by atoms with van der Waals surface area (Å²) >= 11 is 1.60. The van der Waals surface area contributed by atoms with Gasteiger partial charge in [0, 0.05) is 24.4 Å². The Labute approximate surface area is 126 Å². The highest BCUT2D eigenvalue weighted by Gasteiger charge is 2.18. The molecule has 1 aromatic heterocycles. The van der Waals surface area contributed by atoms with Crippen molar-refractivity contribution in [2.75, 3.05) is 13.6 Å². The van der Waals surface area contributed by atoms with Gasteiger partial charge in [-0.1, -0.05) is 41.0 Å². The standard InChI is InChI=1S/C15H27N3OS/c1-7-11(2)9-18(6)14(19)16-8-13-17-12(10-20-13)15(3,4)5/h10-11H,7-9H2,1-6H3,(H,16,19). The van der Waals surface area contributed by atoms with Crippen molar-refractivity contribution in [2.24, 2.45) is 5.92 Å². The average Bonchev–Trinajstić information content (AvgIpc) is 2.84. The summed E-state index contributed by atoms with van der Waals surface area (Å²) < 4.78 is 0. The van der Waals surface area contributed by atoms with Gasteiger partial charge in [-0.05, 0) is 5.92 Å². The van der Waals surface area contributed by atoms with Crippen molar-refractivity contribution < 1.29 is 4.79 Å². The Kier molecular flexibility index (Phi) is 5.99. The Hall–Kier alpha value is -1.10. The predicted molar refractivity (Wildman–Crippen MR) is 85.1 cm³/mol. The van der Waals surface area contributed by atoms with Crippen LogP contribution in [0.3, 0.4) is 0 Å². The zero-order chi connectivity index (χ0) is 15.3. The Morgan fingerprint density at radius 2 is 2.15 bits per heavy atom. The lowest BCUT2D eigenvalue weighted by Gasteiger charge is -2.21. The minimum Gasteiger partial charge on any atom is -0.331 e. The topological polar surface area (TPSA) is 45.2 Å². The third-order valence-corrected chi connectivity index (χ3v) is 4.19. The molecule has 20 heavy (non-hydrogen) atoms. The molecule has 0 saturated carbocycles. The largest absolute Gasteiger partial charge is 0.331 e. The van der Waals surface area contributed by atoms with Crippen molar-refractivity contribution >= 4 is 17.4 Å². The van der Waals surface area contributed by atoms with Crippen LogP contribution >= 0.6 is 11.3 Å². The van der Waals surface area contributed by atoms with Crippen LogP contribution < -0.4 is 5.32 Å².